The van der Waals surface area contributed by atoms with Crippen LogP contribution < -0.4 is 4.90 Å². The highest BCUT2D eigenvalue weighted by Gasteiger charge is 2.20. The number of nitrogens with one attached hydrogen (secondary N) is 1. The second-order valence-corrected chi connectivity index (χ2v) is 8.65. The molecule has 118 valence electrons. The van der Waals surface area contributed by atoms with Gasteiger partial charge in [0.05, 0.1) is 19.6 Å². The van der Waals surface area contributed by atoms with Gasteiger partial charge in [0.25, 0.3) is 0 Å². The number of aryl methyl sites for hydroxylation is 2. The first-order valence-corrected chi connectivity index (χ1v) is 10.4. The lowest BCUT2D eigenvalue weighted by Crippen LogP contribution is -3.13. The standard InChI is InChI=1S/C17H23N3S2/c1-4-8-20(9-5-1)10-11-21-16-15-13-6-2-3-7-14(13)22-17(15)19-12-18-16/h12H,1-11H2/p+1. The molecule has 3 nitrogen and oxygen atoms in total. The maximum atomic E-state index is 4.62. The van der Waals surface area contributed by atoms with Gasteiger partial charge >= 0.3 is 0 Å². The second-order valence-electron chi connectivity index (χ2n) is 6.48. The van der Waals surface area contributed by atoms with Gasteiger partial charge in [-0.2, -0.15) is 0 Å². The highest BCUT2D eigenvalue weighted by Crippen LogP contribution is 2.38. The fourth-order valence-electron chi connectivity index (χ4n) is 3.76. The van der Waals surface area contributed by atoms with Crippen molar-refractivity contribution in [3.8, 4) is 0 Å². The van der Waals surface area contributed by atoms with Gasteiger partial charge in [-0.1, -0.05) is 11.8 Å². The number of fused-ring (bicyclic) bond motifs is 3. The molecular weight excluding hydrogens is 310 g/mol. The molecular formula is C17H24N3S2+. The molecule has 0 amide bonds. The average molecular weight is 335 g/mol. The summed E-state index contributed by atoms with van der Waals surface area (Å²) in [6.07, 6.45) is 11.2. The molecule has 3 heterocycles. The second kappa shape index (κ2) is 6.85. The molecule has 0 atom stereocenters. The van der Waals surface area contributed by atoms with Crippen molar-refractivity contribution in [3.05, 3.63) is 16.8 Å². The Balaban J connectivity index is 1.50. The molecule has 2 aromatic heterocycles. The Morgan fingerprint density at radius 2 is 1.91 bits per heavy atom. The molecule has 0 unspecified atom stereocenters. The van der Waals surface area contributed by atoms with Gasteiger partial charge in [-0.25, -0.2) is 9.97 Å². The van der Waals surface area contributed by atoms with Crippen molar-refractivity contribution in [1.29, 1.82) is 0 Å². The zero-order chi connectivity index (χ0) is 14.8. The van der Waals surface area contributed by atoms with Gasteiger partial charge in [-0.05, 0) is 50.5 Å². The smallest absolute Gasteiger partial charge is 0.128 e. The molecule has 1 fully saturated rings. The van der Waals surface area contributed by atoms with Crippen molar-refractivity contribution < 1.29 is 4.90 Å². The number of hydrogen-bond donors (Lipinski definition) is 1. The average Bonchev–Trinajstić information content (AvgIpc) is 2.95. The molecule has 0 aromatic carbocycles. The van der Waals surface area contributed by atoms with Crippen molar-refractivity contribution in [2.75, 3.05) is 25.4 Å². The van der Waals surface area contributed by atoms with Crippen molar-refractivity contribution in [3.63, 3.8) is 0 Å². The summed E-state index contributed by atoms with van der Waals surface area (Å²) in [5, 5.41) is 2.63. The van der Waals surface area contributed by atoms with E-state index in [1.54, 1.807) is 21.7 Å². The molecule has 0 spiro atoms. The van der Waals surface area contributed by atoms with E-state index in [1.165, 1.54) is 85.6 Å². The van der Waals surface area contributed by atoms with E-state index in [0.29, 0.717) is 0 Å². The Labute approximate surface area is 140 Å². The van der Waals surface area contributed by atoms with E-state index in [9.17, 15) is 0 Å². The van der Waals surface area contributed by atoms with Crippen molar-refractivity contribution in [1.82, 2.24) is 9.97 Å². The van der Waals surface area contributed by atoms with E-state index in [4.69, 9.17) is 0 Å². The van der Waals surface area contributed by atoms with Crippen LogP contribution in [0.2, 0.25) is 0 Å². The normalized spacial score (nSPS) is 19.5. The predicted molar refractivity (Wildman–Crippen MR) is 94.2 cm³/mol. The predicted octanol–water partition coefficient (Wildman–Crippen LogP) is 2.73. The number of thiophene rings is 1. The van der Waals surface area contributed by atoms with E-state index >= 15 is 0 Å². The van der Waals surface area contributed by atoms with Crippen LogP contribution in [0.15, 0.2) is 11.4 Å². The molecule has 1 saturated heterocycles. The number of hydrogen-bond acceptors (Lipinski definition) is 4. The molecule has 4 rings (SSSR count). The van der Waals surface area contributed by atoms with Crippen LogP contribution in [-0.4, -0.2) is 35.4 Å². The SMILES string of the molecule is c1nc(SCC[NH+]2CCCCC2)c2c3c(sc2n1)CCCC3. The maximum Gasteiger partial charge on any atom is 0.128 e. The van der Waals surface area contributed by atoms with Gasteiger partial charge in [0.2, 0.25) is 0 Å². The summed E-state index contributed by atoms with van der Waals surface area (Å²) in [6.45, 7) is 4.02. The monoisotopic (exact) mass is 334 g/mol. The molecule has 0 radical (unpaired) electrons. The summed E-state index contributed by atoms with van der Waals surface area (Å²) in [5.41, 5.74) is 1.57. The fourth-order valence-corrected chi connectivity index (χ4v) is 6.13. The lowest BCUT2D eigenvalue weighted by molar-refractivity contribution is -0.902. The molecule has 2 aliphatic rings. The summed E-state index contributed by atoms with van der Waals surface area (Å²) in [6, 6.07) is 0. The van der Waals surface area contributed by atoms with Crippen LogP contribution in [0.5, 0.6) is 0 Å². The van der Waals surface area contributed by atoms with E-state index in [-0.39, 0.29) is 0 Å². The first-order chi connectivity index (χ1) is 10.9. The van der Waals surface area contributed by atoms with Crippen LogP contribution in [0, 0.1) is 0 Å². The molecule has 0 bridgehead atoms. The lowest BCUT2D eigenvalue weighted by Gasteiger charge is -2.23. The Bertz CT molecular complexity index is 647. The third-order valence-electron chi connectivity index (χ3n) is 4.97. The molecule has 1 aliphatic heterocycles. The summed E-state index contributed by atoms with van der Waals surface area (Å²) in [5.74, 6) is 1.19. The summed E-state index contributed by atoms with van der Waals surface area (Å²) in [4.78, 5) is 13.7. The van der Waals surface area contributed by atoms with Crippen LogP contribution in [0.25, 0.3) is 10.2 Å². The van der Waals surface area contributed by atoms with Gasteiger partial charge in [-0.15, -0.1) is 11.3 Å². The summed E-state index contributed by atoms with van der Waals surface area (Å²) < 4.78 is 0. The van der Waals surface area contributed by atoms with Gasteiger partial charge in [0, 0.05) is 16.0 Å². The summed E-state index contributed by atoms with van der Waals surface area (Å²) in [7, 11) is 0. The van der Waals surface area contributed by atoms with Crippen LogP contribution >= 0.6 is 23.1 Å². The molecule has 1 aliphatic carbocycles. The minimum atomic E-state index is 1.19. The van der Waals surface area contributed by atoms with E-state index in [1.807, 2.05) is 23.1 Å². The van der Waals surface area contributed by atoms with Gasteiger partial charge in [0.15, 0.2) is 0 Å². The minimum absolute atomic E-state index is 1.19. The number of piperidine rings is 1. The van der Waals surface area contributed by atoms with Crippen molar-refractivity contribution in [2.45, 2.75) is 50.0 Å². The van der Waals surface area contributed by atoms with E-state index in [2.05, 4.69) is 9.97 Å². The number of quaternary nitrogens is 1. The largest absolute Gasteiger partial charge is 0.334 e. The number of nitrogens with zero attached hydrogens (tertiary/aromatic N) is 2. The van der Waals surface area contributed by atoms with Crippen LogP contribution in [0.1, 0.15) is 42.5 Å². The third kappa shape index (κ3) is 3.03. The highest BCUT2D eigenvalue weighted by atomic mass is 32.2. The fraction of sp³-hybridized carbons (Fsp3) is 0.647. The molecule has 22 heavy (non-hydrogen) atoms. The van der Waals surface area contributed by atoms with Crippen molar-refractivity contribution in [2.24, 2.45) is 0 Å². The molecule has 1 N–H and O–H groups in total. The quantitative estimate of drug-likeness (QED) is 0.689. The van der Waals surface area contributed by atoms with Crippen LogP contribution in [0.3, 0.4) is 0 Å². The zero-order valence-electron chi connectivity index (χ0n) is 13.1. The molecule has 0 saturated carbocycles. The number of thioether (sulfide) groups is 1. The summed E-state index contributed by atoms with van der Waals surface area (Å²) >= 11 is 3.86. The highest BCUT2D eigenvalue weighted by molar-refractivity contribution is 7.99. The van der Waals surface area contributed by atoms with Crippen LogP contribution in [-0.2, 0) is 12.8 Å². The van der Waals surface area contributed by atoms with Gasteiger partial charge in [0.1, 0.15) is 16.2 Å². The van der Waals surface area contributed by atoms with Crippen molar-refractivity contribution >= 4 is 33.3 Å². The van der Waals surface area contributed by atoms with Gasteiger partial charge < -0.3 is 4.90 Å². The first-order valence-electron chi connectivity index (χ1n) is 8.63. The zero-order valence-corrected chi connectivity index (χ0v) is 14.7. The maximum absolute atomic E-state index is 4.62. The number of rotatable bonds is 4. The number of likely N-dealkylation sites (tertiary alicyclic amines) is 1. The first kappa shape index (κ1) is 14.9. The van der Waals surface area contributed by atoms with Gasteiger partial charge in [-0.3, -0.25) is 0 Å². The molecule has 5 heteroatoms. The van der Waals surface area contributed by atoms with Crippen LogP contribution in [0.4, 0.5) is 0 Å². The Morgan fingerprint density at radius 1 is 1.05 bits per heavy atom. The van der Waals surface area contributed by atoms with E-state index in [0.717, 1.165) is 0 Å². The number of aromatic nitrogens is 2. The van der Waals surface area contributed by atoms with E-state index < -0.39 is 0 Å². The Kier molecular flexibility index (Phi) is 4.64. The molecule has 2 aromatic rings. The Hall–Kier alpha value is -0.650. The third-order valence-corrected chi connectivity index (χ3v) is 7.16. The lowest BCUT2D eigenvalue weighted by atomic mass is 9.97. The Morgan fingerprint density at radius 3 is 2.82 bits per heavy atom. The topological polar surface area (TPSA) is 30.2 Å². The minimum Gasteiger partial charge on any atom is -0.334 e.